The Bertz CT molecular complexity index is 546. The fourth-order valence-corrected chi connectivity index (χ4v) is 1.93. The molecule has 1 heterocycles. The number of nitrogens with one attached hydrogen (secondary N) is 1. The molecular formula is C13H12BrClN2O. The first-order valence-corrected chi connectivity index (χ1v) is 5.93. The van der Waals surface area contributed by atoms with Gasteiger partial charge in [0.1, 0.15) is 0 Å². The van der Waals surface area contributed by atoms with Crippen molar-refractivity contribution >= 4 is 39.9 Å². The topological polar surface area (TPSA) is 42.0 Å². The predicted octanol–water partition coefficient (Wildman–Crippen LogP) is 3.83. The number of nitrogens with zero attached hydrogens (tertiary/aromatic N) is 1. The largest absolute Gasteiger partial charge is 0.322 e. The smallest absolute Gasteiger partial charge is 0.257 e. The van der Waals surface area contributed by atoms with Crippen LogP contribution in [0, 0.1) is 6.92 Å². The summed E-state index contributed by atoms with van der Waals surface area (Å²) in [5.41, 5.74) is 2.37. The molecule has 0 unspecified atom stereocenters. The number of benzene rings is 1. The molecule has 94 valence electrons. The first kappa shape index (κ1) is 14.7. The first-order chi connectivity index (χ1) is 8.16. The monoisotopic (exact) mass is 326 g/mol. The molecule has 5 heteroatoms. The van der Waals surface area contributed by atoms with Gasteiger partial charge in [0.15, 0.2) is 0 Å². The van der Waals surface area contributed by atoms with Gasteiger partial charge in [0.2, 0.25) is 0 Å². The van der Waals surface area contributed by atoms with Gasteiger partial charge in [-0.05, 0) is 42.8 Å². The number of amides is 1. The van der Waals surface area contributed by atoms with Gasteiger partial charge in [-0.25, -0.2) is 0 Å². The average molecular weight is 328 g/mol. The summed E-state index contributed by atoms with van der Waals surface area (Å²) in [4.78, 5) is 15.8. The minimum Gasteiger partial charge on any atom is -0.322 e. The normalized spacial score (nSPS) is 9.44. The number of rotatable bonds is 2. The zero-order valence-electron chi connectivity index (χ0n) is 9.68. The van der Waals surface area contributed by atoms with Crippen LogP contribution < -0.4 is 5.32 Å². The number of anilines is 1. The zero-order valence-corrected chi connectivity index (χ0v) is 12.1. The maximum atomic E-state index is 11.9. The van der Waals surface area contributed by atoms with Gasteiger partial charge < -0.3 is 5.32 Å². The van der Waals surface area contributed by atoms with E-state index in [4.69, 9.17) is 0 Å². The third-order valence-electron chi connectivity index (χ3n) is 2.36. The van der Waals surface area contributed by atoms with Gasteiger partial charge in [0.05, 0.1) is 5.56 Å². The van der Waals surface area contributed by atoms with Gasteiger partial charge in [0, 0.05) is 22.6 Å². The van der Waals surface area contributed by atoms with Crippen LogP contribution in [-0.2, 0) is 0 Å². The van der Waals surface area contributed by atoms with E-state index in [0.29, 0.717) is 5.56 Å². The van der Waals surface area contributed by atoms with Crippen LogP contribution in [0.15, 0.2) is 47.2 Å². The molecule has 3 nitrogen and oxygen atoms in total. The summed E-state index contributed by atoms with van der Waals surface area (Å²) >= 11 is 3.38. The van der Waals surface area contributed by atoms with Crippen LogP contribution in [0.5, 0.6) is 0 Å². The molecule has 0 bridgehead atoms. The minimum absolute atomic E-state index is 0. The second-order valence-corrected chi connectivity index (χ2v) is 4.57. The SMILES string of the molecule is Cc1cc(Br)ccc1NC(=O)c1cccnc1.Cl. The highest BCUT2D eigenvalue weighted by atomic mass is 79.9. The van der Waals surface area contributed by atoms with Crippen molar-refractivity contribution < 1.29 is 4.79 Å². The van der Waals surface area contributed by atoms with Crippen molar-refractivity contribution in [2.24, 2.45) is 0 Å². The van der Waals surface area contributed by atoms with E-state index in [1.807, 2.05) is 25.1 Å². The van der Waals surface area contributed by atoms with Crippen LogP contribution in [0.1, 0.15) is 15.9 Å². The zero-order chi connectivity index (χ0) is 12.3. The molecule has 0 aliphatic rings. The molecule has 1 amide bonds. The fraction of sp³-hybridized carbons (Fsp3) is 0.0769. The molecular weight excluding hydrogens is 316 g/mol. The Balaban J connectivity index is 0.00000162. The lowest BCUT2D eigenvalue weighted by atomic mass is 10.2. The van der Waals surface area contributed by atoms with Crippen LogP contribution in [0.3, 0.4) is 0 Å². The van der Waals surface area contributed by atoms with Gasteiger partial charge in [-0.1, -0.05) is 15.9 Å². The number of aromatic nitrogens is 1. The average Bonchev–Trinajstić information content (AvgIpc) is 2.34. The molecule has 0 saturated heterocycles. The Labute approximate surface area is 120 Å². The van der Waals surface area contributed by atoms with E-state index in [9.17, 15) is 4.79 Å². The van der Waals surface area contributed by atoms with E-state index in [2.05, 4.69) is 26.2 Å². The summed E-state index contributed by atoms with van der Waals surface area (Å²) in [5.74, 6) is -0.150. The summed E-state index contributed by atoms with van der Waals surface area (Å²) in [7, 11) is 0. The van der Waals surface area contributed by atoms with Crippen molar-refractivity contribution in [3.63, 3.8) is 0 Å². The van der Waals surface area contributed by atoms with Gasteiger partial charge >= 0.3 is 0 Å². The van der Waals surface area contributed by atoms with Crippen LogP contribution in [0.2, 0.25) is 0 Å². The van der Waals surface area contributed by atoms with E-state index < -0.39 is 0 Å². The lowest BCUT2D eigenvalue weighted by molar-refractivity contribution is 0.102. The van der Waals surface area contributed by atoms with E-state index >= 15 is 0 Å². The first-order valence-electron chi connectivity index (χ1n) is 5.14. The maximum Gasteiger partial charge on any atom is 0.257 e. The lowest BCUT2D eigenvalue weighted by Gasteiger charge is -2.08. The molecule has 0 aliphatic carbocycles. The Hall–Kier alpha value is -1.39. The fourth-order valence-electron chi connectivity index (χ4n) is 1.46. The highest BCUT2D eigenvalue weighted by molar-refractivity contribution is 9.10. The molecule has 1 N–H and O–H groups in total. The number of hydrogen-bond acceptors (Lipinski definition) is 2. The van der Waals surface area contributed by atoms with Crippen LogP contribution in [-0.4, -0.2) is 10.9 Å². The highest BCUT2D eigenvalue weighted by Crippen LogP contribution is 2.20. The summed E-state index contributed by atoms with van der Waals surface area (Å²) < 4.78 is 0.995. The molecule has 18 heavy (non-hydrogen) atoms. The maximum absolute atomic E-state index is 11.9. The summed E-state index contributed by atoms with van der Waals surface area (Å²) in [6.45, 7) is 1.95. The molecule has 1 aromatic carbocycles. The van der Waals surface area contributed by atoms with Crippen molar-refractivity contribution in [2.45, 2.75) is 6.92 Å². The number of carbonyl (C=O) groups excluding carboxylic acids is 1. The third-order valence-corrected chi connectivity index (χ3v) is 2.85. The van der Waals surface area contributed by atoms with E-state index in [-0.39, 0.29) is 18.3 Å². The van der Waals surface area contributed by atoms with E-state index in [1.54, 1.807) is 24.5 Å². The molecule has 0 atom stereocenters. The number of carbonyl (C=O) groups is 1. The molecule has 0 aliphatic heterocycles. The molecule has 0 spiro atoms. The van der Waals surface area contributed by atoms with Gasteiger partial charge in [-0.15, -0.1) is 12.4 Å². The molecule has 0 saturated carbocycles. The lowest BCUT2D eigenvalue weighted by Crippen LogP contribution is -2.12. The molecule has 2 rings (SSSR count). The van der Waals surface area contributed by atoms with Crippen molar-refractivity contribution in [3.05, 3.63) is 58.3 Å². The van der Waals surface area contributed by atoms with Crippen molar-refractivity contribution in [1.29, 1.82) is 0 Å². The Morgan fingerprint density at radius 3 is 2.72 bits per heavy atom. The van der Waals surface area contributed by atoms with Crippen LogP contribution in [0.4, 0.5) is 5.69 Å². The Morgan fingerprint density at radius 2 is 2.11 bits per heavy atom. The van der Waals surface area contributed by atoms with Crippen LogP contribution >= 0.6 is 28.3 Å². The van der Waals surface area contributed by atoms with E-state index in [1.165, 1.54) is 0 Å². The van der Waals surface area contributed by atoms with Crippen molar-refractivity contribution in [2.75, 3.05) is 5.32 Å². The summed E-state index contributed by atoms with van der Waals surface area (Å²) in [6, 6.07) is 9.19. The van der Waals surface area contributed by atoms with Crippen LogP contribution in [0.25, 0.3) is 0 Å². The second kappa shape index (κ2) is 6.52. The Morgan fingerprint density at radius 1 is 1.33 bits per heavy atom. The Kier molecular flexibility index (Phi) is 5.31. The molecule has 2 aromatic rings. The van der Waals surface area contributed by atoms with Gasteiger partial charge in [-0.3, -0.25) is 9.78 Å². The molecule has 0 radical (unpaired) electrons. The summed E-state index contributed by atoms with van der Waals surface area (Å²) in [5, 5.41) is 2.85. The predicted molar refractivity (Wildman–Crippen MR) is 78.3 cm³/mol. The minimum atomic E-state index is -0.150. The molecule has 1 aromatic heterocycles. The van der Waals surface area contributed by atoms with E-state index in [0.717, 1.165) is 15.7 Å². The molecule has 0 fully saturated rings. The second-order valence-electron chi connectivity index (χ2n) is 3.66. The van der Waals surface area contributed by atoms with Crippen molar-refractivity contribution in [1.82, 2.24) is 4.98 Å². The summed E-state index contributed by atoms with van der Waals surface area (Å²) in [6.07, 6.45) is 3.19. The quantitative estimate of drug-likeness (QED) is 0.911. The van der Waals surface area contributed by atoms with Gasteiger partial charge in [0.25, 0.3) is 5.91 Å². The highest BCUT2D eigenvalue weighted by Gasteiger charge is 2.07. The van der Waals surface area contributed by atoms with Gasteiger partial charge in [-0.2, -0.15) is 0 Å². The number of aryl methyl sites for hydroxylation is 1. The number of halogens is 2. The number of hydrogen-bond donors (Lipinski definition) is 1. The van der Waals surface area contributed by atoms with Crippen molar-refractivity contribution in [3.8, 4) is 0 Å². The number of pyridine rings is 1. The third kappa shape index (κ3) is 3.55. The standard InChI is InChI=1S/C13H11BrN2O.ClH/c1-9-7-11(14)4-5-12(9)16-13(17)10-3-2-6-15-8-10;/h2-8H,1H3,(H,16,17);1H.